The summed E-state index contributed by atoms with van der Waals surface area (Å²) >= 11 is 0. The monoisotopic (exact) mass is 674 g/mol. The van der Waals surface area contributed by atoms with Crippen molar-refractivity contribution in [2.24, 2.45) is 0 Å². The lowest BCUT2D eigenvalue weighted by Crippen LogP contribution is -2.62. The minimum absolute atomic E-state index is 0.0151. The van der Waals surface area contributed by atoms with Crippen LogP contribution in [0.4, 0.5) is 28.4 Å². The molecular weight excluding hydrogens is 631 g/mol. The van der Waals surface area contributed by atoms with Gasteiger partial charge < -0.3 is 14.1 Å². The van der Waals surface area contributed by atoms with Crippen LogP contribution in [-0.4, -0.2) is 6.85 Å². The molecule has 1 aromatic heterocycles. The molecule has 11 rings (SSSR count). The van der Waals surface area contributed by atoms with Gasteiger partial charge in [0.05, 0.1) is 5.69 Å². The number of fused-ring (bicyclic) bond motifs is 11. The molecule has 3 aliphatic heterocycles. The predicted octanol–water partition coefficient (Wildman–Crippen LogP) is 11.6. The Balaban J connectivity index is 1.30. The molecule has 52 heavy (non-hydrogen) atoms. The molecule has 4 heteroatoms. The lowest BCUT2D eigenvalue weighted by molar-refractivity contribution is 0.332. The molecule has 254 valence electrons. The van der Waals surface area contributed by atoms with Gasteiger partial charge >= 0.3 is 6.85 Å². The van der Waals surface area contributed by atoms with E-state index in [9.17, 15) is 0 Å². The summed E-state index contributed by atoms with van der Waals surface area (Å²) in [5, 5.41) is 2.36. The summed E-state index contributed by atoms with van der Waals surface area (Å²) in [4.78, 5) is 5.29. The third-order valence-electron chi connectivity index (χ3n) is 13.3. The molecule has 0 fully saturated rings. The van der Waals surface area contributed by atoms with Crippen molar-refractivity contribution in [3.8, 4) is 11.1 Å². The highest BCUT2D eigenvalue weighted by Crippen LogP contribution is 2.56. The van der Waals surface area contributed by atoms with Gasteiger partial charge in [0.15, 0.2) is 0 Å². The molecule has 3 nitrogen and oxygen atoms in total. The Morgan fingerprint density at radius 2 is 1.37 bits per heavy atom. The van der Waals surface area contributed by atoms with E-state index < -0.39 is 0 Å². The number of hydrogen-bond acceptors (Lipinski definition) is 3. The van der Waals surface area contributed by atoms with Crippen molar-refractivity contribution < 1.29 is 4.42 Å². The maximum atomic E-state index is 6.59. The van der Waals surface area contributed by atoms with E-state index in [2.05, 4.69) is 167 Å². The van der Waals surface area contributed by atoms with Gasteiger partial charge in [-0.1, -0.05) is 108 Å². The maximum absolute atomic E-state index is 6.59. The number of hydrogen-bond donors (Lipinski definition) is 0. The van der Waals surface area contributed by atoms with Crippen molar-refractivity contribution in [3.05, 3.63) is 137 Å². The predicted molar refractivity (Wildman–Crippen MR) is 220 cm³/mol. The minimum atomic E-state index is -0.150. The molecule has 6 aromatic carbocycles. The standard InChI is InChI=1S/C48H43BN2O/c1-28-25-31-42-38(21-22-41-43(42)30-13-8-11-18-40(30)52-41)51(29-19-20-32-35(27-29)47(4,5)24-23-46(32,2)3)49-36-16-12-15-34-45(36)50(39(26-28)44(31)49)37-17-10-9-14-33(37)48(34,6)7/h8-22,25-27H,23-24H2,1-7H3. The molecular formula is C48H43BN2O. The molecule has 0 saturated heterocycles. The molecule has 4 heterocycles. The summed E-state index contributed by atoms with van der Waals surface area (Å²) in [5.74, 6) is 0. The van der Waals surface area contributed by atoms with E-state index in [4.69, 9.17) is 4.42 Å². The highest BCUT2D eigenvalue weighted by atomic mass is 16.3. The number of rotatable bonds is 1. The molecule has 0 N–H and O–H groups in total. The number of furan rings is 1. The van der Waals surface area contributed by atoms with Crippen LogP contribution in [0.25, 0.3) is 33.1 Å². The molecule has 0 spiro atoms. The average Bonchev–Trinajstić information content (AvgIpc) is 3.52. The molecule has 0 radical (unpaired) electrons. The summed E-state index contributed by atoms with van der Waals surface area (Å²) < 4.78 is 6.59. The first kappa shape index (κ1) is 30.4. The SMILES string of the molecule is Cc1cc2c3c(c1)N1c4ccccc4C(C)(C)c4cccc(c41)B3N(c1ccc3c(c1)C(C)(C)CCC3(C)C)c1ccc3oc4ccccc4c3c1-2. The van der Waals surface area contributed by atoms with Crippen molar-refractivity contribution in [1.29, 1.82) is 0 Å². The first-order valence-corrected chi connectivity index (χ1v) is 19.0. The Labute approximate surface area is 307 Å². The smallest absolute Gasteiger partial charge is 0.333 e. The topological polar surface area (TPSA) is 19.6 Å². The van der Waals surface area contributed by atoms with Crippen LogP contribution in [-0.2, 0) is 16.2 Å². The number of para-hydroxylation sites is 3. The summed E-state index contributed by atoms with van der Waals surface area (Å²) in [7, 11) is 0. The van der Waals surface area contributed by atoms with Crippen LogP contribution in [0.1, 0.15) is 82.2 Å². The van der Waals surface area contributed by atoms with Crippen LogP contribution < -0.4 is 20.6 Å². The van der Waals surface area contributed by atoms with E-state index in [0.29, 0.717) is 0 Å². The van der Waals surface area contributed by atoms with Gasteiger partial charge in [-0.25, -0.2) is 0 Å². The zero-order valence-corrected chi connectivity index (χ0v) is 31.2. The highest BCUT2D eigenvalue weighted by Gasteiger charge is 2.50. The lowest BCUT2D eigenvalue weighted by Gasteiger charge is -2.50. The molecule has 7 aromatic rings. The van der Waals surface area contributed by atoms with Crippen LogP contribution in [0.5, 0.6) is 0 Å². The molecule has 0 atom stereocenters. The second-order valence-electron chi connectivity index (χ2n) is 17.7. The summed E-state index contributed by atoms with van der Waals surface area (Å²) in [6.07, 6.45) is 2.38. The molecule has 0 bridgehead atoms. The largest absolute Gasteiger partial charge is 0.456 e. The van der Waals surface area contributed by atoms with Crippen LogP contribution in [0.15, 0.2) is 114 Å². The van der Waals surface area contributed by atoms with E-state index >= 15 is 0 Å². The second kappa shape index (κ2) is 9.80. The van der Waals surface area contributed by atoms with E-state index in [1.807, 2.05) is 0 Å². The van der Waals surface area contributed by atoms with Gasteiger partial charge in [-0.2, -0.15) is 0 Å². The van der Waals surface area contributed by atoms with E-state index in [-0.39, 0.29) is 23.1 Å². The first-order chi connectivity index (χ1) is 25.0. The molecule has 0 amide bonds. The molecule has 0 saturated carbocycles. The Morgan fingerprint density at radius 1 is 0.615 bits per heavy atom. The fourth-order valence-corrected chi connectivity index (χ4v) is 10.6. The maximum Gasteiger partial charge on any atom is 0.333 e. The Kier molecular flexibility index (Phi) is 5.73. The summed E-state index contributed by atoms with van der Waals surface area (Å²) in [6.45, 7) is 16.8. The Bertz CT molecular complexity index is 2710. The molecule has 0 unspecified atom stereocenters. The van der Waals surface area contributed by atoms with Crippen molar-refractivity contribution in [2.45, 2.75) is 77.6 Å². The number of anilines is 5. The molecule has 4 aliphatic rings. The van der Waals surface area contributed by atoms with Gasteiger partial charge in [0.25, 0.3) is 0 Å². The Morgan fingerprint density at radius 3 is 2.21 bits per heavy atom. The highest BCUT2D eigenvalue weighted by molar-refractivity contribution is 6.93. The number of benzene rings is 6. The van der Waals surface area contributed by atoms with Crippen LogP contribution in [0.3, 0.4) is 0 Å². The second-order valence-corrected chi connectivity index (χ2v) is 17.7. The van der Waals surface area contributed by atoms with Gasteiger partial charge in [0, 0.05) is 44.5 Å². The van der Waals surface area contributed by atoms with E-state index in [1.165, 1.54) is 102 Å². The zero-order valence-electron chi connectivity index (χ0n) is 31.2. The summed E-state index contributed by atoms with van der Waals surface area (Å²) in [6, 6.07) is 41.6. The van der Waals surface area contributed by atoms with E-state index in [0.717, 1.165) is 11.2 Å². The third kappa shape index (κ3) is 3.73. The van der Waals surface area contributed by atoms with Crippen molar-refractivity contribution in [3.63, 3.8) is 0 Å². The fraction of sp³-hybridized carbons (Fsp3) is 0.250. The number of aryl methyl sites for hydroxylation is 1. The van der Waals surface area contributed by atoms with Gasteiger partial charge in [0.1, 0.15) is 11.2 Å². The normalized spacial score (nSPS) is 18.1. The van der Waals surface area contributed by atoms with Gasteiger partial charge in [-0.15, -0.1) is 0 Å². The van der Waals surface area contributed by atoms with Crippen molar-refractivity contribution in [2.75, 3.05) is 9.71 Å². The first-order valence-electron chi connectivity index (χ1n) is 19.0. The van der Waals surface area contributed by atoms with Gasteiger partial charge in [-0.3, -0.25) is 0 Å². The van der Waals surface area contributed by atoms with Gasteiger partial charge in [0.2, 0.25) is 0 Å². The van der Waals surface area contributed by atoms with Crippen LogP contribution in [0, 0.1) is 6.92 Å². The van der Waals surface area contributed by atoms with Crippen LogP contribution in [0.2, 0.25) is 0 Å². The quantitative estimate of drug-likeness (QED) is 0.162. The van der Waals surface area contributed by atoms with E-state index in [1.54, 1.807) is 0 Å². The van der Waals surface area contributed by atoms with Crippen molar-refractivity contribution >= 4 is 68.1 Å². The molecule has 1 aliphatic carbocycles. The average molecular weight is 675 g/mol. The lowest BCUT2D eigenvalue weighted by atomic mass is 9.42. The minimum Gasteiger partial charge on any atom is -0.456 e. The van der Waals surface area contributed by atoms with Crippen molar-refractivity contribution in [1.82, 2.24) is 0 Å². The number of nitrogens with zero attached hydrogens (tertiary/aromatic N) is 2. The summed E-state index contributed by atoms with van der Waals surface area (Å²) in [5.41, 5.74) is 20.6. The van der Waals surface area contributed by atoms with Crippen LogP contribution >= 0.6 is 0 Å². The van der Waals surface area contributed by atoms with Gasteiger partial charge in [-0.05, 0) is 117 Å². The fourth-order valence-electron chi connectivity index (χ4n) is 10.6. The third-order valence-corrected chi connectivity index (χ3v) is 13.3. The zero-order chi connectivity index (χ0) is 35.5. The Hall–Kier alpha value is -5.22.